The quantitative estimate of drug-likeness (QED) is 0.701. The number of benzene rings is 1. The molecule has 1 N–H and O–H groups in total. The molecule has 0 aliphatic carbocycles. The zero-order chi connectivity index (χ0) is 20.5. The number of hydrogen-bond acceptors (Lipinski definition) is 4. The fraction of sp³-hybridized carbons (Fsp3) is 0.381. The SMILES string of the molecule is Cn1c(=O)c2cc(C(=O)NCc3ccccc3)n(C[C@@H]3CCCO3)c2n(C)c1=O. The number of ether oxygens (including phenoxy) is 1. The van der Waals surface area contributed by atoms with Crippen LogP contribution in [0.2, 0.25) is 0 Å². The first-order chi connectivity index (χ1) is 14.0. The highest BCUT2D eigenvalue weighted by Crippen LogP contribution is 2.21. The molecule has 1 aliphatic heterocycles. The number of aryl methyl sites for hydroxylation is 1. The van der Waals surface area contributed by atoms with Crippen molar-refractivity contribution < 1.29 is 9.53 Å². The minimum Gasteiger partial charge on any atom is -0.376 e. The zero-order valence-electron chi connectivity index (χ0n) is 16.6. The number of fused-ring (bicyclic) bond motifs is 1. The summed E-state index contributed by atoms with van der Waals surface area (Å²) < 4.78 is 9.96. The molecule has 29 heavy (non-hydrogen) atoms. The van der Waals surface area contributed by atoms with E-state index in [4.69, 9.17) is 4.74 Å². The second-order valence-electron chi connectivity index (χ2n) is 7.39. The Balaban J connectivity index is 1.78. The summed E-state index contributed by atoms with van der Waals surface area (Å²) in [5.41, 5.74) is 0.936. The van der Waals surface area contributed by atoms with E-state index in [2.05, 4.69) is 5.32 Å². The van der Waals surface area contributed by atoms with Crippen molar-refractivity contribution >= 4 is 16.9 Å². The third kappa shape index (κ3) is 3.51. The van der Waals surface area contributed by atoms with E-state index in [1.165, 1.54) is 11.6 Å². The van der Waals surface area contributed by atoms with Crippen LogP contribution in [0.3, 0.4) is 0 Å². The molecule has 1 aliphatic rings. The Morgan fingerprint density at radius 3 is 2.62 bits per heavy atom. The Morgan fingerprint density at radius 2 is 1.93 bits per heavy atom. The maximum absolute atomic E-state index is 13.0. The second kappa shape index (κ2) is 7.71. The number of nitrogens with one attached hydrogen (secondary N) is 1. The van der Waals surface area contributed by atoms with Crippen molar-refractivity contribution in [1.82, 2.24) is 19.0 Å². The van der Waals surface area contributed by atoms with Gasteiger partial charge in [0.2, 0.25) is 0 Å². The molecule has 1 atom stereocenters. The summed E-state index contributed by atoms with van der Waals surface area (Å²) in [5.74, 6) is -0.294. The number of amides is 1. The highest BCUT2D eigenvalue weighted by molar-refractivity contribution is 5.97. The van der Waals surface area contributed by atoms with E-state index in [-0.39, 0.29) is 12.0 Å². The van der Waals surface area contributed by atoms with Crippen LogP contribution < -0.4 is 16.6 Å². The van der Waals surface area contributed by atoms with Crippen LogP contribution in [0.4, 0.5) is 0 Å². The highest BCUT2D eigenvalue weighted by Gasteiger charge is 2.25. The van der Waals surface area contributed by atoms with Gasteiger partial charge in [0, 0.05) is 27.2 Å². The smallest absolute Gasteiger partial charge is 0.332 e. The van der Waals surface area contributed by atoms with E-state index in [0.29, 0.717) is 36.4 Å². The number of nitrogens with zero attached hydrogens (tertiary/aromatic N) is 3. The van der Waals surface area contributed by atoms with Gasteiger partial charge in [-0.3, -0.25) is 18.7 Å². The van der Waals surface area contributed by atoms with Crippen molar-refractivity contribution in [2.45, 2.75) is 32.0 Å². The Labute approximate surface area is 167 Å². The summed E-state index contributed by atoms with van der Waals surface area (Å²) in [4.78, 5) is 38.1. The van der Waals surface area contributed by atoms with Gasteiger partial charge in [-0.25, -0.2) is 4.79 Å². The third-order valence-electron chi connectivity index (χ3n) is 5.43. The van der Waals surface area contributed by atoms with E-state index in [9.17, 15) is 14.4 Å². The van der Waals surface area contributed by atoms with Gasteiger partial charge in [0.1, 0.15) is 11.3 Å². The molecule has 1 aromatic carbocycles. The van der Waals surface area contributed by atoms with Crippen LogP contribution in [0.15, 0.2) is 46.0 Å². The van der Waals surface area contributed by atoms with Crippen LogP contribution in [0, 0.1) is 0 Å². The molecule has 2 aromatic heterocycles. The van der Waals surface area contributed by atoms with Crippen molar-refractivity contribution in [2.24, 2.45) is 14.1 Å². The highest BCUT2D eigenvalue weighted by atomic mass is 16.5. The monoisotopic (exact) mass is 396 g/mol. The molecule has 0 spiro atoms. The van der Waals surface area contributed by atoms with E-state index in [0.717, 1.165) is 23.0 Å². The van der Waals surface area contributed by atoms with Crippen LogP contribution >= 0.6 is 0 Å². The van der Waals surface area contributed by atoms with E-state index >= 15 is 0 Å². The molecule has 0 saturated carbocycles. The van der Waals surface area contributed by atoms with E-state index in [1.54, 1.807) is 17.7 Å². The normalized spacial score (nSPS) is 16.4. The van der Waals surface area contributed by atoms with Crippen LogP contribution in [-0.4, -0.2) is 32.3 Å². The van der Waals surface area contributed by atoms with Crippen molar-refractivity contribution in [3.05, 3.63) is 68.5 Å². The molecule has 8 nitrogen and oxygen atoms in total. The molecule has 4 rings (SSSR count). The van der Waals surface area contributed by atoms with Crippen LogP contribution in [0.5, 0.6) is 0 Å². The summed E-state index contributed by atoms with van der Waals surface area (Å²) in [6, 6.07) is 11.2. The minimum atomic E-state index is -0.426. The first-order valence-corrected chi connectivity index (χ1v) is 9.70. The van der Waals surface area contributed by atoms with Gasteiger partial charge in [0.05, 0.1) is 18.0 Å². The zero-order valence-corrected chi connectivity index (χ0v) is 16.6. The number of aromatic nitrogens is 3. The molecule has 0 unspecified atom stereocenters. The lowest BCUT2D eigenvalue weighted by Gasteiger charge is -2.16. The summed E-state index contributed by atoms with van der Waals surface area (Å²) in [7, 11) is 3.05. The van der Waals surface area contributed by atoms with Crippen LogP contribution in [-0.2, 0) is 31.9 Å². The van der Waals surface area contributed by atoms with Gasteiger partial charge >= 0.3 is 5.69 Å². The maximum Gasteiger partial charge on any atom is 0.332 e. The molecule has 1 fully saturated rings. The molecule has 0 radical (unpaired) electrons. The predicted molar refractivity (Wildman–Crippen MR) is 109 cm³/mol. The maximum atomic E-state index is 13.0. The minimum absolute atomic E-state index is 0.0505. The lowest BCUT2D eigenvalue weighted by atomic mass is 10.2. The van der Waals surface area contributed by atoms with Crippen molar-refractivity contribution in [3.63, 3.8) is 0 Å². The number of carbonyl (C=O) groups is 1. The molecule has 3 aromatic rings. The molecule has 3 heterocycles. The van der Waals surface area contributed by atoms with Crippen LogP contribution in [0.25, 0.3) is 11.0 Å². The van der Waals surface area contributed by atoms with Crippen molar-refractivity contribution in [3.8, 4) is 0 Å². The Morgan fingerprint density at radius 1 is 1.17 bits per heavy atom. The fourth-order valence-corrected chi connectivity index (χ4v) is 3.87. The fourth-order valence-electron chi connectivity index (χ4n) is 3.87. The van der Waals surface area contributed by atoms with Crippen molar-refractivity contribution in [1.29, 1.82) is 0 Å². The van der Waals surface area contributed by atoms with Gasteiger partial charge in [-0.05, 0) is 24.5 Å². The topological polar surface area (TPSA) is 87.3 Å². The van der Waals surface area contributed by atoms with Gasteiger partial charge < -0.3 is 14.6 Å². The summed E-state index contributed by atoms with van der Waals surface area (Å²) in [6.07, 6.45) is 1.79. The van der Waals surface area contributed by atoms with E-state index < -0.39 is 11.2 Å². The average Bonchev–Trinajstić information content (AvgIpc) is 3.38. The average molecular weight is 396 g/mol. The standard InChI is InChI=1S/C21H24N4O4/c1-23-19-16(20(27)24(2)21(23)28)11-17(25(19)13-15-9-6-10-29-15)18(26)22-12-14-7-4-3-5-8-14/h3-5,7-8,11,15H,6,9-10,12-13H2,1-2H3,(H,22,26)/t15-/m0/s1. The Kier molecular flexibility index (Phi) is 5.10. The number of rotatable bonds is 5. The molecular weight excluding hydrogens is 372 g/mol. The molecule has 152 valence electrons. The number of hydrogen-bond donors (Lipinski definition) is 1. The van der Waals surface area contributed by atoms with Gasteiger partial charge in [0.15, 0.2) is 0 Å². The predicted octanol–water partition coefficient (Wildman–Crippen LogP) is 1.15. The molecule has 0 bridgehead atoms. The molecule has 1 amide bonds. The first-order valence-electron chi connectivity index (χ1n) is 9.70. The Hall–Kier alpha value is -3.13. The van der Waals surface area contributed by atoms with E-state index in [1.807, 2.05) is 30.3 Å². The van der Waals surface area contributed by atoms with Gasteiger partial charge in [-0.2, -0.15) is 0 Å². The largest absolute Gasteiger partial charge is 0.376 e. The number of carbonyl (C=O) groups excluding carboxylic acids is 1. The lowest BCUT2D eigenvalue weighted by molar-refractivity contribution is 0.0898. The third-order valence-corrected chi connectivity index (χ3v) is 5.43. The summed E-state index contributed by atoms with van der Waals surface area (Å²) in [5, 5.41) is 3.26. The van der Waals surface area contributed by atoms with Crippen molar-refractivity contribution in [2.75, 3.05) is 6.61 Å². The van der Waals surface area contributed by atoms with Gasteiger partial charge in [-0.15, -0.1) is 0 Å². The molecule has 1 saturated heterocycles. The van der Waals surface area contributed by atoms with Gasteiger partial charge in [-0.1, -0.05) is 30.3 Å². The summed E-state index contributed by atoms with van der Waals surface area (Å²) in [6.45, 7) is 1.47. The molecular formula is C21H24N4O4. The van der Waals surface area contributed by atoms with Crippen LogP contribution in [0.1, 0.15) is 28.9 Å². The van der Waals surface area contributed by atoms with Gasteiger partial charge in [0.25, 0.3) is 11.5 Å². The second-order valence-corrected chi connectivity index (χ2v) is 7.39. The lowest BCUT2D eigenvalue weighted by Crippen LogP contribution is -2.37. The first kappa shape index (κ1) is 19.2. The Bertz CT molecular complexity index is 1170. The molecule has 8 heteroatoms. The summed E-state index contributed by atoms with van der Waals surface area (Å²) >= 11 is 0.